The highest BCUT2D eigenvalue weighted by Crippen LogP contribution is 2.25. The lowest BCUT2D eigenvalue weighted by Gasteiger charge is -2.07. The van der Waals surface area contributed by atoms with Gasteiger partial charge in [0.1, 0.15) is 0 Å². The molecule has 1 atom stereocenters. The number of aromatic amines is 1. The van der Waals surface area contributed by atoms with Crippen molar-refractivity contribution in [3.63, 3.8) is 0 Å². The van der Waals surface area contributed by atoms with Crippen LogP contribution in [0.15, 0.2) is 24.4 Å². The van der Waals surface area contributed by atoms with Gasteiger partial charge in [-0.1, -0.05) is 23.7 Å². The number of fused-ring (bicyclic) bond motifs is 1. The van der Waals surface area contributed by atoms with Gasteiger partial charge in [0.25, 0.3) is 0 Å². The highest BCUT2D eigenvalue weighted by Gasteiger charge is 2.10. The SMILES string of the molecule is CC(N)CNC(=O)Cc1c[nH]c2c(Cl)cccc12. The van der Waals surface area contributed by atoms with Crippen LogP contribution in [0, 0.1) is 0 Å². The topological polar surface area (TPSA) is 70.9 Å². The van der Waals surface area contributed by atoms with Crippen LogP contribution < -0.4 is 11.1 Å². The van der Waals surface area contributed by atoms with Crippen molar-refractivity contribution >= 4 is 28.4 Å². The number of amides is 1. The fourth-order valence-electron chi connectivity index (χ4n) is 1.83. The van der Waals surface area contributed by atoms with Crippen molar-refractivity contribution < 1.29 is 4.79 Å². The molecule has 0 saturated heterocycles. The Bertz CT molecular complexity index is 562. The van der Waals surface area contributed by atoms with Gasteiger partial charge in [0, 0.05) is 24.2 Å². The highest BCUT2D eigenvalue weighted by atomic mass is 35.5. The van der Waals surface area contributed by atoms with E-state index in [1.165, 1.54) is 0 Å². The van der Waals surface area contributed by atoms with E-state index in [1.807, 2.05) is 31.3 Å². The van der Waals surface area contributed by atoms with Crippen LogP contribution in [0.4, 0.5) is 0 Å². The van der Waals surface area contributed by atoms with E-state index in [0.717, 1.165) is 16.5 Å². The summed E-state index contributed by atoms with van der Waals surface area (Å²) in [5.41, 5.74) is 7.40. The fourth-order valence-corrected chi connectivity index (χ4v) is 2.06. The molecule has 0 bridgehead atoms. The molecule has 0 fully saturated rings. The third kappa shape index (κ3) is 2.83. The average Bonchev–Trinajstić information content (AvgIpc) is 2.72. The molecule has 0 spiro atoms. The Labute approximate surface area is 111 Å². The van der Waals surface area contributed by atoms with Gasteiger partial charge in [0.15, 0.2) is 0 Å². The lowest BCUT2D eigenvalue weighted by atomic mass is 10.1. The number of carbonyl (C=O) groups is 1. The van der Waals surface area contributed by atoms with Crippen molar-refractivity contribution in [2.24, 2.45) is 5.73 Å². The molecular weight excluding hydrogens is 250 g/mol. The Balaban J connectivity index is 2.12. The van der Waals surface area contributed by atoms with Crippen LogP contribution in [0.1, 0.15) is 12.5 Å². The van der Waals surface area contributed by atoms with Crippen LogP contribution in [-0.4, -0.2) is 23.5 Å². The first kappa shape index (κ1) is 12.9. The van der Waals surface area contributed by atoms with Crippen LogP contribution >= 0.6 is 11.6 Å². The van der Waals surface area contributed by atoms with Gasteiger partial charge in [-0.05, 0) is 18.6 Å². The van der Waals surface area contributed by atoms with Gasteiger partial charge in [-0.2, -0.15) is 0 Å². The molecule has 1 unspecified atom stereocenters. The van der Waals surface area contributed by atoms with Gasteiger partial charge in [-0.25, -0.2) is 0 Å². The molecule has 1 aromatic carbocycles. The summed E-state index contributed by atoms with van der Waals surface area (Å²) in [6, 6.07) is 5.61. The Morgan fingerprint density at radius 1 is 1.56 bits per heavy atom. The lowest BCUT2D eigenvalue weighted by Crippen LogP contribution is -2.35. The second-order valence-electron chi connectivity index (χ2n) is 4.43. The van der Waals surface area contributed by atoms with E-state index in [1.54, 1.807) is 0 Å². The molecule has 0 aliphatic carbocycles. The molecule has 0 saturated carbocycles. The molecule has 2 aromatic rings. The molecule has 1 heterocycles. The number of para-hydroxylation sites is 1. The molecule has 2 rings (SSSR count). The summed E-state index contributed by atoms with van der Waals surface area (Å²) < 4.78 is 0. The molecule has 4 nitrogen and oxygen atoms in total. The van der Waals surface area contributed by atoms with Gasteiger partial charge in [0.2, 0.25) is 5.91 Å². The van der Waals surface area contributed by atoms with Crippen molar-refractivity contribution in [3.05, 3.63) is 35.0 Å². The zero-order valence-corrected chi connectivity index (χ0v) is 10.9. The van der Waals surface area contributed by atoms with Gasteiger partial charge in [-0.15, -0.1) is 0 Å². The maximum Gasteiger partial charge on any atom is 0.224 e. The van der Waals surface area contributed by atoms with Crippen LogP contribution in [0.25, 0.3) is 10.9 Å². The molecule has 18 heavy (non-hydrogen) atoms. The number of H-pyrrole nitrogens is 1. The van der Waals surface area contributed by atoms with E-state index in [4.69, 9.17) is 17.3 Å². The van der Waals surface area contributed by atoms with Crippen molar-refractivity contribution in [3.8, 4) is 0 Å². The zero-order valence-electron chi connectivity index (χ0n) is 10.2. The number of carbonyl (C=O) groups excluding carboxylic acids is 1. The number of nitrogens with one attached hydrogen (secondary N) is 2. The average molecular weight is 266 g/mol. The molecule has 5 heteroatoms. The largest absolute Gasteiger partial charge is 0.360 e. The van der Waals surface area contributed by atoms with E-state index in [-0.39, 0.29) is 11.9 Å². The van der Waals surface area contributed by atoms with E-state index in [2.05, 4.69) is 10.3 Å². The predicted molar refractivity (Wildman–Crippen MR) is 73.7 cm³/mol. The first-order valence-corrected chi connectivity index (χ1v) is 6.22. The van der Waals surface area contributed by atoms with Gasteiger partial charge >= 0.3 is 0 Å². The smallest absolute Gasteiger partial charge is 0.224 e. The van der Waals surface area contributed by atoms with Crippen LogP contribution in [-0.2, 0) is 11.2 Å². The van der Waals surface area contributed by atoms with E-state index < -0.39 is 0 Å². The van der Waals surface area contributed by atoms with Crippen LogP contribution in [0.2, 0.25) is 5.02 Å². The summed E-state index contributed by atoms with van der Waals surface area (Å²) in [6.45, 7) is 2.34. The zero-order chi connectivity index (χ0) is 13.1. The van der Waals surface area contributed by atoms with Gasteiger partial charge in [-0.3, -0.25) is 4.79 Å². The number of nitrogens with two attached hydrogens (primary N) is 1. The first-order valence-electron chi connectivity index (χ1n) is 5.84. The molecule has 1 amide bonds. The monoisotopic (exact) mass is 265 g/mol. The second kappa shape index (κ2) is 5.42. The molecule has 0 aliphatic rings. The second-order valence-corrected chi connectivity index (χ2v) is 4.84. The van der Waals surface area contributed by atoms with Crippen molar-refractivity contribution in [1.29, 1.82) is 0 Å². The Kier molecular flexibility index (Phi) is 3.89. The minimum Gasteiger partial charge on any atom is -0.360 e. The first-order chi connectivity index (χ1) is 8.58. The maximum atomic E-state index is 11.7. The highest BCUT2D eigenvalue weighted by molar-refractivity contribution is 6.35. The normalized spacial score (nSPS) is 12.6. The van der Waals surface area contributed by atoms with E-state index in [0.29, 0.717) is 18.0 Å². The lowest BCUT2D eigenvalue weighted by molar-refractivity contribution is -0.120. The van der Waals surface area contributed by atoms with Crippen molar-refractivity contribution in [2.45, 2.75) is 19.4 Å². The fraction of sp³-hybridized carbons (Fsp3) is 0.308. The molecule has 0 aliphatic heterocycles. The molecule has 96 valence electrons. The van der Waals surface area contributed by atoms with Crippen LogP contribution in [0.3, 0.4) is 0 Å². The Morgan fingerprint density at radius 3 is 3.06 bits per heavy atom. The third-order valence-corrected chi connectivity index (χ3v) is 3.04. The van der Waals surface area contributed by atoms with Gasteiger partial charge in [0.05, 0.1) is 17.0 Å². The van der Waals surface area contributed by atoms with Gasteiger partial charge < -0.3 is 16.0 Å². The number of hydrogen-bond donors (Lipinski definition) is 3. The minimum atomic E-state index is -0.0358. The summed E-state index contributed by atoms with van der Waals surface area (Å²) in [4.78, 5) is 14.8. The third-order valence-electron chi connectivity index (χ3n) is 2.72. The number of hydrogen-bond acceptors (Lipinski definition) is 2. The summed E-state index contributed by atoms with van der Waals surface area (Å²) >= 11 is 6.06. The maximum absolute atomic E-state index is 11.7. The minimum absolute atomic E-state index is 0.0341. The summed E-state index contributed by atoms with van der Waals surface area (Å²) in [7, 11) is 0. The quantitative estimate of drug-likeness (QED) is 0.789. The van der Waals surface area contributed by atoms with Crippen molar-refractivity contribution in [2.75, 3.05) is 6.54 Å². The summed E-state index contributed by atoms with van der Waals surface area (Å²) in [5, 5.41) is 4.44. The van der Waals surface area contributed by atoms with E-state index >= 15 is 0 Å². The summed E-state index contributed by atoms with van der Waals surface area (Å²) in [5.74, 6) is -0.0341. The molecule has 0 radical (unpaired) electrons. The van der Waals surface area contributed by atoms with Crippen LogP contribution in [0.5, 0.6) is 0 Å². The molecule has 1 aromatic heterocycles. The predicted octanol–water partition coefficient (Wildman–Crippen LogP) is 1.83. The standard InChI is InChI=1S/C13H16ClN3O/c1-8(15)6-16-12(18)5-9-7-17-13-10(9)3-2-4-11(13)14/h2-4,7-8,17H,5-6,15H2,1H3,(H,16,18). The molecule has 4 N–H and O–H groups in total. The van der Waals surface area contributed by atoms with E-state index in [9.17, 15) is 4.79 Å². The number of rotatable bonds is 4. The number of aromatic nitrogens is 1. The Morgan fingerprint density at radius 2 is 2.33 bits per heavy atom. The van der Waals surface area contributed by atoms with Crippen molar-refractivity contribution in [1.82, 2.24) is 10.3 Å². The number of halogens is 1. The molecular formula is C13H16ClN3O. The summed E-state index contributed by atoms with van der Waals surface area (Å²) in [6.07, 6.45) is 2.15. The Hall–Kier alpha value is -1.52. The number of benzene rings is 1.